The van der Waals surface area contributed by atoms with Crippen LogP contribution in [0.15, 0.2) is 42.7 Å². The summed E-state index contributed by atoms with van der Waals surface area (Å²) < 4.78 is 1.93. The van der Waals surface area contributed by atoms with Crippen LogP contribution in [0.5, 0.6) is 0 Å². The summed E-state index contributed by atoms with van der Waals surface area (Å²) in [6.07, 6.45) is 4.93. The van der Waals surface area contributed by atoms with Crippen molar-refractivity contribution in [3.63, 3.8) is 0 Å². The second-order valence-electron chi connectivity index (χ2n) is 3.83. The largest absolute Gasteiger partial charge is 0.385 e. The van der Waals surface area contributed by atoms with E-state index in [4.69, 9.17) is 0 Å². The maximum Gasteiger partial charge on any atom is 0.0659 e. The molecule has 1 aromatic carbocycles. The molecule has 2 rings (SSSR count). The van der Waals surface area contributed by atoms with Gasteiger partial charge in [-0.05, 0) is 30.2 Å². The first-order valence-corrected chi connectivity index (χ1v) is 5.68. The van der Waals surface area contributed by atoms with Crippen molar-refractivity contribution in [2.75, 3.05) is 11.9 Å². The zero-order valence-corrected chi connectivity index (χ0v) is 9.56. The normalized spacial score (nSPS) is 10.3. The second-order valence-corrected chi connectivity index (χ2v) is 3.83. The topological polar surface area (TPSA) is 29.9 Å². The Morgan fingerprint density at radius 2 is 2.06 bits per heavy atom. The molecule has 3 heteroatoms. The van der Waals surface area contributed by atoms with E-state index in [9.17, 15) is 0 Å². The highest BCUT2D eigenvalue weighted by Crippen LogP contribution is 2.10. The van der Waals surface area contributed by atoms with Crippen molar-refractivity contribution in [1.29, 1.82) is 0 Å². The summed E-state index contributed by atoms with van der Waals surface area (Å²) in [5, 5.41) is 7.54. The predicted molar refractivity (Wildman–Crippen MR) is 66.6 cm³/mol. The van der Waals surface area contributed by atoms with Gasteiger partial charge in [0.05, 0.1) is 6.54 Å². The molecule has 3 nitrogen and oxygen atoms in total. The molecule has 0 aliphatic heterocycles. The lowest BCUT2D eigenvalue weighted by Gasteiger charge is -2.06. The summed E-state index contributed by atoms with van der Waals surface area (Å²) in [4.78, 5) is 0. The van der Waals surface area contributed by atoms with Crippen molar-refractivity contribution >= 4 is 5.69 Å². The number of anilines is 1. The van der Waals surface area contributed by atoms with Crippen molar-refractivity contribution in [1.82, 2.24) is 9.78 Å². The van der Waals surface area contributed by atoms with Gasteiger partial charge in [0.15, 0.2) is 0 Å². The third-order valence-corrected chi connectivity index (χ3v) is 2.44. The van der Waals surface area contributed by atoms with Gasteiger partial charge in [-0.2, -0.15) is 5.10 Å². The molecule has 2 aromatic rings. The highest BCUT2D eigenvalue weighted by molar-refractivity contribution is 5.44. The number of hydrogen-bond acceptors (Lipinski definition) is 2. The molecule has 1 N–H and O–H groups in total. The molecular formula is C13H17N3. The van der Waals surface area contributed by atoms with E-state index in [1.54, 1.807) is 6.20 Å². The van der Waals surface area contributed by atoms with Crippen molar-refractivity contribution < 1.29 is 0 Å². The van der Waals surface area contributed by atoms with E-state index < -0.39 is 0 Å². The SMILES string of the molecule is CCCNc1ccc(Cn2cccn2)cc1. The van der Waals surface area contributed by atoms with Gasteiger partial charge in [0, 0.05) is 24.6 Å². The molecule has 0 unspecified atom stereocenters. The van der Waals surface area contributed by atoms with Crippen LogP contribution in [0.1, 0.15) is 18.9 Å². The quantitative estimate of drug-likeness (QED) is 0.831. The van der Waals surface area contributed by atoms with Crippen LogP contribution < -0.4 is 5.32 Å². The molecule has 0 aliphatic rings. The Balaban J connectivity index is 1.96. The van der Waals surface area contributed by atoms with Crippen molar-refractivity contribution in [2.45, 2.75) is 19.9 Å². The first kappa shape index (κ1) is 10.7. The van der Waals surface area contributed by atoms with Crippen molar-refractivity contribution in [2.24, 2.45) is 0 Å². The summed E-state index contributed by atoms with van der Waals surface area (Å²) in [5.41, 5.74) is 2.46. The summed E-state index contributed by atoms with van der Waals surface area (Å²) in [6, 6.07) is 10.5. The average Bonchev–Trinajstić information content (AvgIpc) is 2.81. The van der Waals surface area contributed by atoms with Crippen LogP contribution in [-0.2, 0) is 6.54 Å². The molecule has 0 spiro atoms. The van der Waals surface area contributed by atoms with Crippen LogP contribution in [-0.4, -0.2) is 16.3 Å². The van der Waals surface area contributed by atoms with Gasteiger partial charge >= 0.3 is 0 Å². The number of hydrogen-bond donors (Lipinski definition) is 1. The fourth-order valence-corrected chi connectivity index (χ4v) is 1.58. The number of aromatic nitrogens is 2. The first-order valence-electron chi connectivity index (χ1n) is 5.68. The first-order chi connectivity index (χ1) is 7.88. The summed E-state index contributed by atoms with van der Waals surface area (Å²) >= 11 is 0. The van der Waals surface area contributed by atoms with Crippen molar-refractivity contribution in [3.8, 4) is 0 Å². The van der Waals surface area contributed by atoms with E-state index in [2.05, 4.69) is 41.6 Å². The fourth-order valence-electron chi connectivity index (χ4n) is 1.58. The highest BCUT2D eigenvalue weighted by atomic mass is 15.3. The lowest BCUT2D eigenvalue weighted by atomic mass is 10.2. The van der Waals surface area contributed by atoms with Gasteiger partial charge in [-0.15, -0.1) is 0 Å². The Bertz CT molecular complexity index is 403. The van der Waals surface area contributed by atoms with Gasteiger partial charge < -0.3 is 5.32 Å². The molecule has 0 amide bonds. The van der Waals surface area contributed by atoms with E-state index in [1.165, 1.54) is 11.3 Å². The molecule has 16 heavy (non-hydrogen) atoms. The molecule has 0 saturated heterocycles. The molecule has 0 bridgehead atoms. The maximum absolute atomic E-state index is 4.18. The molecule has 0 aliphatic carbocycles. The second kappa shape index (κ2) is 5.35. The van der Waals surface area contributed by atoms with Gasteiger partial charge in [-0.1, -0.05) is 19.1 Å². The monoisotopic (exact) mass is 215 g/mol. The average molecular weight is 215 g/mol. The van der Waals surface area contributed by atoms with Crippen LogP contribution in [0.3, 0.4) is 0 Å². The minimum atomic E-state index is 0.834. The maximum atomic E-state index is 4.18. The predicted octanol–water partition coefficient (Wildman–Crippen LogP) is 2.75. The molecule has 1 heterocycles. The zero-order chi connectivity index (χ0) is 11.2. The molecule has 1 aromatic heterocycles. The van der Waals surface area contributed by atoms with Crippen LogP contribution in [0, 0.1) is 0 Å². The summed E-state index contributed by atoms with van der Waals surface area (Å²) in [6.45, 7) is 4.03. The Labute approximate surface area is 96.1 Å². The van der Waals surface area contributed by atoms with E-state index in [-0.39, 0.29) is 0 Å². The molecule has 0 radical (unpaired) electrons. The van der Waals surface area contributed by atoms with Crippen LogP contribution >= 0.6 is 0 Å². The smallest absolute Gasteiger partial charge is 0.0659 e. The highest BCUT2D eigenvalue weighted by Gasteiger charge is 1.95. The number of benzene rings is 1. The summed E-state index contributed by atoms with van der Waals surface area (Å²) in [7, 11) is 0. The Kier molecular flexibility index (Phi) is 3.59. The Hall–Kier alpha value is -1.77. The van der Waals surface area contributed by atoms with E-state index >= 15 is 0 Å². The number of nitrogens with zero attached hydrogens (tertiary/aromatic N) is 2. The van der Waals surface area contributed by atoms with Gasteiger partial charge in [-0.3, -0.25) is 4.68 Å². The standard InChI is InChI=1S/C13H17N3/c1-2-8-14-13-6-4-12(5-7-13)11-16-10-3-9-15-16/h3-7,9-10,14H,2,8,11H2,1H3. The van der Waals surface area contributed by atoms with Crippen LogP contribution in [0.4, 0.5) is 5.69 Å². The van der Waals surface area contributed by atoms with Crippen molar-refractivity contribution in [3.05, 3.63) is 48.3 Å². The van der Waals surface area contributed by atoms with E-state index in [1.807, 2.05) is 16.9 Å². The van der Waals surface area contributed by atoms with Gasteiger partial charge in [0.2, 0.25) is 0 Å². The molecule has 0 fully saturated rings. The van der Waals surface area contributed by atoms with Crippen LogP contribution in [0.2, 0.25) is 0 Å². The van der Waals surface area contributed by atoms with Gasteiger partial charge in [0.1, 0.15) is 0 Å². The lowest BCUT2D eigenvalue weighted by molar-refractivity contribution is 0.687. The Morgan fingerprint density at radius 1 is 1.25 bits per heavy atom. The molecular weight excluding hydrogens is 198 g/mol. The zero-order valence-electron chi connectivity index (χ0n) is 9.56. The lowest BCUT2D eigenvalue weighted by Crippen LogP contribution is -2.01. The summed E-state index contributed by atoms with van der Waals surface area (Å²) in [5.74, 6) is 0. The molecule has 84 valence electrons. The molecule has 0 saturated carbocycles. The minimum Gasteiger partial charge on any atom is -0.385 e. The fraction of sp³-hybridized carbons (Fsp3) is 0.308. The van der Waals surface area contributed by atoms with E-state index in [0.29, 0.717) is 0 Å². The van der Waals surface area contributed by atoms with Gasteiger partial charge in [0.25, 0.3) is 0 Å². The number of nitrogens with one attached hydrogen (secondary N) is 1. The third-order valence-electron chi connectivity index (χ3n) is 2.44. The Morgan fingerprint density at radius 3 is 2.69 bits per heavy atom. The minimum absolute atomic E-state index is 0.834. The third kappa shape index (κ3) is 2.86. The van der Waals surface area contributed by atoms with E-state index in [0.717, 1.165) is 19.5 Å². The van der Waals surface area contributed by atoms with Gasteiger partial charge in [-0.25, -0.2) is 0 Å². The van der Waals surface area contributed by atoms with Crippen LogP contribution in [0.25, 0.3) is 0 Å². The number of rotatable bonds is 5. The molecule has 0 atom stereocenters.